The van der Waals surface area contributed by atoms with Gasteiger partial charge in [0.25, 0.3) is 5.91 Å². The van der Waals surface area contributed by atoms with Crippen LogP contribution < -0.4 is 20.1 Å². The summed E-state index contributed by atoms with van der Waals surface area (Å²) >= 11 is 1.24. The molecule has 0 saturated carbocycles. The highest BCUT2D eigenvalue weighted by Crippen LogP contribution is 2.27. The van der Waals surface area contributed by atoms with Gasteiger partial charge in [-0.15, -0.1) is 10.2 Å². The zero-order valence-corrected chi connectivity index (χ0v) is 16.7. The van der Waals surface area contributed by atoms with Crippen molar-refractivity contribution in [3.63, 3.8) is 0 Å². The van der Waals surface area contributed by atoms with Gasteiger partial charge in [0.15, 0.2) is 6.61 Å². The monoisotopic (exact) mass is 412 g/mol. The van der Waals surface area contributed by atoms with Crippen LogP contribution in [-0.4, -0.2) is 41.8 Å². The molecule has 2 N–H and O–H groups in total. The number of hydrogen-bond donors (Lipinski definition) is 2. The number of amides is 2. The number of para-hydroxylation sites is 1. The fourth-order valence-electron chi connectivity index (χ4n) is 2.35. The standard InChI is InChI=1S/C20H20N4O4S/c1-13(21-17(25)12-28-16-6-4-3-5-7-16)18(26)22-20-24-23-19(29-20)14-8-10-15(27-2)11-9-14/h3-11,13H,12H2,1-2H3,(H,21,25)(H,22,24,26). The van der Waals surface area contributed by atoms with Crippen LogP contribution in [-0.2, 0) is 9.59 Å². The van der Waals surface area contributed by atoms with Crippen LogP contribution >= 0.6 is 11.3 Å². The zero-order valence-electron chi connectivity index (χ0n) is 15.9. The molecular weight excluding hydrogens is 392 g/mol. The Morgan fingerprint density at radius 1 is 1.03 bits per heavy atom. The zero-order chi connectivity index (χ0) is 20.6. The summed E-state index contributed by atoms with van der Waals surface area (Å²) in [5.41, 5.74) is 0.864. The Morgan fingerprint density at radius 3 is 2.45 bits per heavy atom. The summed E-state index contributed by atoms with van der Waals surface area (Å²) in [6, 6.07) is 15.6. The molecule has 29 heavy (non-hydrogen) atoms. The van der Waals surface area contributed by atoms with Crippen LogP contribution in [0.15, 0.2) is 54.6 Å². The van der Waals surface area contributed by atoms with Gasteiger partial charge in [-0.25, -0.2) is 0 Å². The van der Waals surface area contributed by atoms with Gasteiger partial charge < -0.3 is 14.8 Å². The van der Waals surface area contributed by atoms with Crippen LogP contribution in [0.2, 0.25) is 0 Å². The minimum Gasteiger partial charge on any atom is -0.497 e. The highest BCUT2D eigenvalue weighted by molar-refractivity contribution is 7.18. The predicted octanol–water partition coefficient (Wildman–Crippen LogP) is 2.74. The van der Waals surface area contributed by atoms with Crippen LogP contribution in [0.5, 0.6) is 11.5 Å². The Morgan fingerprint density at radius 2 is 1.76 bits per heavy atom. The summed E-state index contributed by atoms with van der Waals surface area (Å²) in [7, 11) is 1.60. The Kier molecular flexibility index (Phi) is 6.75. The first-order chi connectivity index (χ1) is 14.0. The third kappa shape index (κ3) is 5.76. The molecule has 3 rings (SSSR count). The van der Waals surface area contributed by atoms with E-state index >= 15 is 0 Å². The van der Waals surface area contributed by atoms with Crippen molar-refractivity contribution < 1.29 is 19.1 Å². The quantitative estimate of drug-likeness (QED) is 0.590. The number of hydrogen-bond acceptors (Lipinski definition) is 7. The van der Waals surface area contributed by atoms with Crippen molar-refractivity contribution in [1.29, 1.82) is 0 Å². The maximum absolute atomic E-state index is 12.3. The number of benzene rings is 2. The average molecular weight is 412 g/mol. The number of ether oxygens (including phenoxy) is 2. The Balaban J connectivity index is 1.50. The minimum atomic E-state index is -0.754. The highest BCUT2D eigenvalue weighted by Gasteiger charge is 2.18. The van der Waals surface area contributed by atoms with E-state index in [2.05, 4.69) is 20.8 Å². The lowest BCUT2D eigenvalue weighted by molar-refractivity contribution is -0.127. The van der Waals surface area contributed by atoms with Crippen LogP contribution in [0.4, 0.5) is 5.13 Å². The molecule has 8 nitrogen and oxygen atoms in total. The molecule has 0 radical (unpaired) electrons. The van der Waals surface area contributed by atoms with Crippen molar-refractivity contribution in [1.82, 2.24) is 15.5 Å². The summed E-state index contributed by atoms with van der Waals surface area (Å²) in [5, 5.41) is 14.3. The second-order valence-electron chi connectivity index (χ2n) is 6.02. The van der Waals surface area contributed by atoms with E-state index in [4.69, 9.17) is 9.47 Å². The summed E-state index contributed by atoms with van der Waals surface area (Å²) in [6.45, 7) is 1.41. The molecule has 0 bridgehead atoms. The van der Waals surface area contributed by atoms with Crippen molar-refractivity contribution in [3.05, 3.63) is 54.6 Å². The van der Waals surface area contributed by atoms with Gasteiger partial charge in [0.05, 0.1) is 7.11 Å². The number of nitrogens with one attached hydrogen (secondary N) is 2. The highest BCUT2D eigenvalue weighted by atomic mass is 32.1. The maximum atomic E-state index is 12.3. The fraction of sp³-hybridized carbons (Fsp3) is 0.200. The molecule has 2 aromatic carbocycles. The first-order valence-corrected chi connectivity index (χ1v) is 9.63. The topological polar surface area (TPSA) is 102 Å². The summed E-state index contributed by atoms with van der Waals surface area (Å²) in [5.74, 6) is 0.537. The third-order valence-corrected chi connectivity index (χ3v) is 4.76. The summed E-state index contributed by atoms with van der Waals surface area (Å²) in [6.07, 6.45) is 0. The van der Waals surface area contributed by atoms with Gasteiger partial charge in [-0.3, -0.25) is 14.9 Å². The van der Waals surface area contributed by atoms with E-state index in [9.17, 15) is 9.59 Å². The fourth-order valence-corrected chi connectivity index (χ4v) is 3.10. The molecule has 1 unspecified atom stereocenters. The van der Waals surface area contributed by atoms with E-state index < -0.39 is 17.9 Å². The van der Waals surface area contributed by atoms with Crippen molar-refractivity contribution >= 4 is 28.3 Å². The number of carbonyl (C=O) groups excluding carboxylic acids is 2. The summed E-state index contributed by atoms with van der Waals surface area (Å²) in [4.78, 5) is 24.3. The van der Waals surface area contributed by atoms with Crippen molar-refractivity contribution in [2.24, 2.45) is 0 Å². The van der Waals surface area contributed by atoms with Crippen LogP contribution in [0.25, 0.3) is 10.6 Å². The molecular formula is C20H20N4O4S. The number of nitrogens with zero attached hydrogens (tertiary/aromatic N) is 2. The molecule has 2 amide bonds. The lowest BCUT2D eigenvalue weighted by atomic mass is 10.2. The van der Waals surface area contributed by atoms with Gasteiger partial charge in [-0.1, -0.05) is 29.5 Å². The first-order valence-electron chi connectivity index (χ1n) is 8.81. The van der Waals surface area contributed by atoms with Crippen molar-refractivity contribution in [2.45, 2.75) is 13.0 Å². The molecule has 0 aliphatic rings. The number of methoxy groups -OCH3 is 1. The second kappa shape index (κ2) is 9.65. The average Bonchev–Trinajstić information content (AvgIpc) is 3.21. The van der Waals surface area contributed by atoms with Gasteiger partial charge >= 0.3 is 0 Å². The normalized spacial score (nSPS) is 11.4. The van der Waals surface area contributed by atoms with Crippen LogP contribution in [0.3, 0.4) is 0 Å². The molecule has 0 fully saturated rings. The van der Waals surface area contributed by atoms with E-state index in [1.807, 2.05) is 42.5 Å². The molecule has 0 spiro atoms. The molecule has 150 valence electrons. The van der Waals surface area contributed by atoms with Crippen molar-refractivity contribution in [2.75, 3.05) is 19.0 Å². The molecule has 0 aliphatic heterocycles. The smallest absolute Gasteiger partial charge is 0.258 e. The van der Waals surface area contributed by atoms with E-state index in [0.717, 1.165) is 11.3 Å². The van der Waals surface area contributed by atoms with E-state index in [-0.39, 0.29) is 6.61 Å². The van der Waals surface area contributed by atoms with E-state index in [1.165, 1.54) is 11.3 Å². The largest absolute Gasteiger partial charge is 0.497 e. The predicted molar refractivity (Wildman–Crippen MR) is 110 cm³/mol. The molecule has 1 heterocycles. The number of anilines is 1. The maximum Gasteiger partial charge on any atom is 0.258 e. The third-order valence-electron chi connectivity index (χ3n) is 3.88. The minimum absolute atomic E-state index is 0.179. The lowest BCUT2D eigenvalue weighted by Crippen LogP contribution is -2.43. The molecule has 3 aromatic rings. The molecule has 0 aliphatic carbocycles. The van der Waals surface area contributed by atoms with E-state index in [0.29, 0.717) is 15.9 Å². The molecule has 1 aromatic heterocycles. The SMILES string of the molecule is COc1ccc(-c2nnc(NC(=O)C(C)NC(=O)COc3ccccc3)s2)cc1. The summed E-state index contributed by atoms with van der Waals surface area (Å²) < 4.78 is 10.5. The van der Waals surface area contributed by atoms with Crippen LogP contribution in [0.1, 0.15) is 6.92 Å². The Labute approximate surface area is 171 Å². The number of rotatable bonds is 8. The Hall–Kier alpha value is -3.46. The van der Waals surface area contributed by atoms with Gasteiger partial charge in [-0.05, 0) is 43.3 Å². The number of carbonyl (C=O) groups is 2. The van der Waals surface area contributed by atoms with Crippen molar-refractivity contribution in [3.8, 4) is 22.1 Å². The lowest BCUT2D eigenvalue weighted by Gasteiger charge is -2.13. The first kappa shape index (κ1) is 20.3. The molecule has 9 heteroatoms. The van der Waals surface area contributed by atoms with Gasteiger partial charge in [0.2, 0.25) is 11.0 Å². The number of aromatic nitrogens is 2. The van der Waals surface area contributed by atoms with Gasteiger partial charge in [-0.2, -0.15) is 0 Å². The Bertz CT molecular complexity index is 960. The second-order valence-corrected chi connectivity index (χ2v) is 7.00. The van der Waals surface area contributed by atoms with E-state index in [1.54, 1.807) is 26.2 Å². The molecule has 1 atom stereocenters. The van der Waals surface area contributed by atoms with Crippen LogP contribution in [0, 0.1) is 0 Å². The van der Waals surface area contributed by atoms with Gasteiger partial charge in [0.1, 0.15) is 22.5 Å². The van der Waals surface area contributed by atoms with Gasteiger partial charge in [0, 0.05) is 5.56 Å². The molecule has 0 saturated heterocycles.